The average molecular weight is 282 g/mol. The molecule has 2 rings (SSSR count). The van der Waals surface area contributed by atoms with Crippen molar-refractivity contribution in [2.24, 2.45) is 5.41 Å². The minimum absolute atomic E-state index is 0.0497. The van der Waals surface area contributed by atoms with Gasteiger partial charge >= 0.3 is 6.03 Å². The Morgan fingerprint density at radius 3 is 2.58 bits per heavy atom. The van der Waals surface area contributed by atoms with Gasteiger partial charge in [0, 0.05) is 44.3 Å². The first-order valence-corrected chi connectivity index (χ1v) is 7.51. The summed E-state index contributed by atoms with van der Waals surface area (Å²) in [6, 6.07) is 0.0497. The first kappa shape index (κ1) is 14.1. The van der Waals surface area contributed by atoms with E-state index in [1.54, 1.807) is 11.3 Å². The molecule has 1 aromatic rings. The molecule has 0 aromatic carbocycles. The maximum atomic E-state index is 12.0. The van der Waals surface area contributed by atoms with E-state index in [1.807, 2.05) is 16.5 Å². The third-order valence-corrected chi connectivity index (χ3v) is 3.86. The first-order valence-electron chi connectivity index (χ1n) is 6.63. The number of hydrogen-bond acceptors (Lipinski definition) is 4. The van der Waals surface area contributed by atoms with Gasteiger partial charge in [-0.25, -0.2) is 9.78 Å². The van der Waals surface area contributed by atoms with E-state index in [0.717, 1.165) is 31.3 Å². The zero-order valence-corrected chi connectivity index (χ0v) is 12.7. The molecule has 0 aliphatic carbocycles. The summed E-state index contributed by atoms with van der Waals surface area (Å²) in [7, 11) is 0. The summed E-state index contributed by atoms with van der Waals surface area (Å²) in [5.74, 6) is 0. The smallest absolute Gasteiger partial charge is 0.317 e. The molecular weight excluding hydrogens is 260 g/mol. The van der Waals surface area contributed by atoms with Crippen LogP contribution in [0.2, 0.25) is 0 Å². The number of aromatic nitrogens is 1. The van der Waals surface area contributed by atoms with Gasteiger partial charge in [-0.2, -0.15) is 0 Å². The maximum absolute atomic E-state index is 12.0. The third-order valence-electron chi connectivity index (χ3n) is 3.03. The van der Waals surface area contributed by atoms with Gasteiger partial charge in [-0.3, -0.25) is 0 Å². The minimum Gasteiger partial charge on any atom is -0.345 e. The fourth-order valence-electron chi connectivity index (χ4n) is 1.93. The van der Waals surface area contributed by atoms with Gasteiger partial charge in [0.05, 0.1) is 0 Å². The quantitative estimate of drug-likeness (QED) is 0.903. The van der Waals surface area contributed by atoms with Gasteiger partial charge in [-0.15, -0.1) is 11.3 Å². The summed E-state index contributed by atoms with van der Waals surface area (Å²) in [5, 5.41) is 6.03. The van der Waals surface area contributed by atoms with Gasteiger partial charge in [0.15, 0.2) is 5.13 Å². The van der Waals surface area contributed by atoms with E-state index in [1.165, 1.54) is 0 Å². The van der Waals surface area contributed by atoms with E-state index in [-0.39, 0.29) is 11.4 Å². The van der Waals surface area contributed by atoms with Crippen LogP contribution in [0.25, 0.3) is 0 Å². The molecule has 0 radical (unpaired) electrons. The van der Waals surface area contributed by atoms with Crippen LogP contribution in [0.15, 0.2) is 11.6 Å². The van der Waals surface area contributed by atoms with Crippen LogP contribution in [-0.2, 0) is 0 Å². The molecule has 19 heavy (non-hydrogen) atoms. The van der Waals surface area contributed by atoms with Crippen molar-refractivity contribution >= 4 is 22.5 Å². The summed E-state index contributed by atoms with van der Waals surface area (Å²) in [6.07, 6.45) is 1.82. The lowest BCUT2D eigenvalue weighted by molar-refractivity contribution is 0.189. The fraction of sp³-hybridized carbons (Fsp3) is 0.692. The molecule has 1 saturated heterocycles. The number of nitrogens with zero attached hydrogens (tertiary/aromatic N) is 3. The monoisotopic (exact) mass is 282 g/mol. The first-order chi connectivity index (χ1) is 8.96. The number of urea groups is 1. The van der Waals surface area contributed by atoms with Crippen LogP contribution < -0.4 is 10.2 Å². The Morgan fingerprint density at radius 1 is 1.37 bits per heavy atom. The van der Waals surface area contributed by atoms with Gasteiger partial charge in [0.25, 0.3) is 0 Å². The molecule has 1 aliphatic rings. The molecule has 0 unspecified atom stereocenters. The van der Waals surface area contributed by atoms with Gasteiger partial charge in [-0.1, -0.05) is 20.8 Å². The number of amides is 2. The van der Waals surface area contributed by atoms with Crippen molar-refractivity contribution < 1.29 is 4.79 Å². The van der Waals surface area contributed by atoms with E-state index < -0.39 is 0 Å². The topological polar surface area (TPSA) is 48.5 Å². The van der Waals surface area contributed by atoms with Crippen LogP contribution in [0.4, 0.5) is 9.93 Å². The van der Waals surface area contributed by atoms with E-state index >= 15 is 0 Å². The molecule has 0 atom stereocenters. The fourth-order valence-corrected chi connectivity index (χ4v) is 2.62. The highest BCUT2D eigenvalue weighted by molar-refractivity contribution is 7.13. The van der Waals surface area contributed by atoms with Crippen molar-refractivity contribution in [1.82, 2.24) is 15.2 Å². The van der Waals surface area contributed by atoms with Crippen LogP contribution in [-0.4, -0.2) is 48.6 Å². The van der Waals surface area contributed by atoms with Crippen molar-refractivity contribution in [3.8, 4) is 0 Å². The number of hydrogen-bond donors (Lipinski definition) is 1. The Kier molecular flexibility index (Phi) is 4.29. The number of carbonyl (C=O) groups excluding carboxylic acids is 1. The normalized spacial score (nSPS) is 16.6. The van der Waals surface area contributed by atoms with Crippen LogP contribution in [0.1, 0.15) is 20.8 Å². The zero-order valence-electron chi connectivity index (χ0n) is 11.8. The standard InChI is InChI=1S/C13H22N4OS/c1-13(2,3)10-15-11(18)16-5-7-17(8-6-16)12-14-4-9-19-12/h4,9H,5-8,10H2,1-3H3,(H,15,18). The summed E-state index contributed by atoms with van der Waals surface area (Å²) in [4.78, 5) is 20.4. The summed E-state index contributed by atoms with van der Waals surface area (Å²) >= 11 is 1.65. The maximum Gasteiger partial charge on any atom is 0.317 e. The summed E-state index contributed by atoms with van der Waals surface area (Å²) < 4.78 is 0. The highest BCUT2D eigenvalue weighted by atomic mass is 32.1. The molecule has 2 amide bonds. The van der Waals surface area contributed by atoms with Crippen LogP contribution in [0.5, 0.6) is 0 Å². The molecule has 106 valence electrons. The number of carbonyl (C=O) groups is 1. The highest BCUT2D eigenvalue weighted by Gasteiger charge is 2.23. The SMILES string of the molecule is CC(C)(C)CNC(=O)N1CCN(c2nccs2)CC1. The zero-order chi connectivity index (χ0) is 13.9. The Hall–Kier alpha value is -1.30. The van der Waals surface area contributed by atoms with Crippen molar-refractivity contribution in [3.05, 3.63) is 11.6 Å². The largest absolute Gasteiger partial charge is 0.345 e. The number of nitrogens with one attached hydrogen (secondary N) is 1. The average Bonchev–Trinajstić information content (AvgIpc) is 2.89. The Balaban J connectivity index is 1.78. The Bertz CT molecular complexity index is 405. The van der Waals surface area contributed by atoms with Crippen molar-refractivity contribution in [3.63, 3.8) is 0 Å². The molecule has 5 nitrogen and oxygen atoms in total. The molecular formula is C13H22N4OS. The van der Waals surface area contributed by atoms with Crippen LogP contribution in [0, 0.1) is 5.41 Å². The molecule has 6 heteroatoms. The molecule has 2 heterocycles. The molecule has 1 fully saturated rings. The second-order valence-corrected chi connectivity index (χ2v) is 6.88. The summed E-state index contributed by atoms with van der Waals surface area (Å²) in [6.45, 7) is 10.3. The number of rotatable bonds is 2. The van der Waals surface area contributed by atoms with Crippen LogP contribution >= 0.6 is 11.3 Å². The van der Waals surface area contributed by atoms with Gasteiger partial charge in [-0.05, 0) is 5.41 Å². The van der Waals surface area contributed by atoms with Crippen molar-refractivity contribution in [2.75, 3.05) is 37.6 Å². The minimum atomic E-state index is 0.0497. The predicted octanol–water partition coefficient (Wildman–Crippen LogP) is 2.02. The highest BCUT2D eigenvalue weighted by Crippen LogP contribution is 2.19. The van der Waals surface area contributed by atoms with Gasteiger partial charge in [0.2, 0.25) is 0 Å². The van der Waals surface area contributed by atoms with E-state index in [0.29, 0.717) is 6.54 Å². The molecule has 0 spiro atoms. The number of anilines is 1. The van der Waals surface area contributed by atoms with Crippen molar-refractivity contribution in [1.29, 1.82) is 0 Å². The second-order valence-electron chi connectivity index (χ2n) is 6.01. The molecule has 1 aromatic heterocycles. The van der Waals surface area contributed by atoms with E-state index in [2.05, 4.69) is 36.0 Å². The predicted molar refractivity (Wildman–Crippen MR) is 78.8 cm³/mol. The second kappa shape index (κ2) is 5.77. The van der Waals surface area contributed by atoms with Crippen LogP contribution in [0.3, 0.4) is 0 Å². The number of piperazine rings is 1. The lowest BCUT2D eigenvalue weighted by Gasteiger charge is -2.35. The van der Waals surface area contributed by atoms with Gasteiger partial charge < -0.3 is 15.1 Å². The van der Waals surface area contributed by atoms with Crippen molar-refractivity contribution in [2.45, 2.75) is 20.8 Å². The Labute approximate surface area is 118 Å². The lowest BCUT2D eigenvalue weighted by atomic mass is 9.97. The van der Waals surface area contributed by atoms with E-state index in [4.69, 9.17) is 0 Å². The van der Waals surface area contributed by atoms with E-state index in [9.17, 15) is 4.79 Å². The summed E-state index contributed by atoms with van der Waals surface area (Å²) in [5.41, 5.74) is 0.123. The molecule has 1 aliphatic heterocycles. The number of thiazole rings is 1. The molecule has 1 N–H and O–H groups in total. The molecule has 0 saturated carbocycles. The molecule has 0 bridgehead atoms. The van der Waals surface area contributed by atoms with Gasteiger partial charge in [0.1, 0.15) is 0 Å². The third kappa shape index (κ3) is 4.09. The Morgan fingerprint density at radius 2 is 2.05 bits per heavy atom. The lowest BCUT2D eigenvalue weighted by Crippen LogP contribution is -2.52.